The average molecular weight is 482 g/mol. The average Bonchev–Trinajstić information content (AvgIpc) is 2.80. The molecule has 1 unspecified atom stereocenters. The topological polar surface area (TPSA) is 47.9 Å². The van der Waals surface area contributed by atoms with Gasteiger partial charge in [0, 0.05) is 0 Å². The van der Waals surface area contributed by atoms with Crippen molar-refractivity contribution in [3.8, 4) is 11.5 Å². The van der Waals surface area contributed by atoms with E-state index in [-0.39, 0.29) is 6.61 Å². The van der Waals surface area contributed by atoms with E-state index >= 15 is 0 Å². The van der Waals surface area contributed by atoms with Gasteiger partial charge in [-0.25, -0.2) is 0 Å². The summed E-state index contributed by atoms with van der Waals surface area (Å²) in [4.78, 5) is 0. The molecule has 0 aliphatic carbocycles. The van der Waals surface area contributed by atoms with Gasteiger partial charge in [0.15, 0.2) is 0 Å². The van der Waals surface area contributed by atoms with E-state index in [4.69, 9.17) is 14.2 Å². The molecule has 31 heavy (non-hydrogen) atoms. The number of benzene rings is 3. The molecule has 0 heterocycles. The molecule has 0 amide bonds. The Labute approximate surface area is 190 Å². The van der Waals surface area contributed by atoms with E-state index in [9.17, 15) is 5.11 Å². The first-order valence-electron chi connectivity index (χ1n) is 10.3. The van der Waals surface area contributed by atoms with Crippen molar-refractivity contribution in [3.63, 3.8) is 0 Å². The standard InChI is InChI=1S/C26H31AsO4/c1-27(2)18-23(28)19-31-26(20-8-6-5-7-9-20,21-10-14-24(29-3)15-11-21)22-12-16-25(30-4)17-13-22/h5-17,23,28H,18-19H2,1-4H3. The Morgan fingerprint density at radius 1 is 0.742 bits per heavy atom. The minimum absolute atomic E-state index is 0.250. The number of aliphatic hydroxyl groups is 1. The molecule has 5 heteroatoms. The van der Waals surface area contributed by atoms with Crippen molar-refractivity contribution in [2.75, 3.05) is 20.8 Å². The maximum atomic E-state index is 10.7. The molecule has 0 radical (unpaired) electrons. The van der Waals surface area contributed by atoms with Crippen LogP contribution in [0.5, 0.6) is 11.5 Å². The van der Waals surface area contributed by atoms with Crippen LogP contribution in [0, 0.1) is 0 Å². The Hall–Kier alpha value is -2.26. The molecule has 3 aromatic carbocycles. The molecule has 0 aliphatic rings. The molecular weight excluding hydrogens is 451 g/mol. The molecule has 1 N–H and O–H groups in total. The van der Waals surface area contributed by atoms with Crippen molar-refractivity contribution < 1.29 is 19.3 Å². The molecule has 3 rings (SSSR count). The normalized spacial score (nSPS) is 12.6. The number of rotatable bonds is 10. The van der Waals surface area contributed by atoms with Gasteiger partial charge in [0.1, 0.15) is 0 Å². The molecule has 3 aromatic rings. The van der Waals surface area contributed by atoms with Crippen molar-refractivity contribution >= 4 is 14.7 Å². The second-order valence-electron chi connectivity index (χ2n) is 7.73. The van der Waals surface area contributed by atoms with Crippen LogP contribution in [0.25, 0.3) is 0 Å². The zero-order chi connectivity index (χ0) is 22.3. The molecule has 0 aliphatic heterocycles. The van der Waals surface area contributed by atoms with E-state index in [0.29, 0.717) is 0 Å². The number of hydrogen-bond acceptors (Lipinski definition) is 4. The van der Waals surface area contributed by atoms with E-state index in [1.54, 1.807) is 14.2 Å². The van der Waals surface area contributed by atoms with Crippen molar-refractivity contribution in [2.24, 2.45) is 0 Å². The third kappa shape index (κ3) is 5.51. The summed E-state index contributed by atoms with van der Waals surface area (Å²) in [6.45, 7) is 0.250. The van der Waals surface area contributed by atoms with Crippen LogP contribution in [0.1, 0.15) is 16.7 Å². The fourth-order valence-electron chi connectivity index (χ4n) is 3.77. The molecule has 0 aromatic heterocycles. The Balaban J connectivity index is 2.15. The summed E-state index contributed by atoms with van der Waals surface area (Å²) >= 11 is -0.986. The number of ether oxygens (including phenoxy) is 3. The van der Waals surface area contributed by atoms with Gasteiger partial charge in [0.25, 0.3) is 0 Å². The molecule has 0 saturated heterocycles. The molecule has 0 saturated carbocycles. The van der Waals surface area contributed by atoms with Gasteiger partial charge in [-0.05, 0) is 0 Å². The predicted molar refractivity (Wildman–Crippen MR) is 127 cm³/mol. The first kappa shape index (κ1) is 23.4. The van der Waals surface area contributed by atoms with Crippen molar-refractivity contribution in [2.45, 2.75) is 28.3 Å². The summed E-state index contributed by atoms with van der Waals surface area (Å²) in [5, 5.41) is 11.5. The monoisotopic (exact) mass is 482 g/mol. The van der Waals surface area contributed by atoms with Crippen molar-refractivity contribution in [1.29, 1.82) is 0 Å². The summed E-state index contributed by atoms with van der Waals surface area (Å²) in [5.41, 5.74) is 6.56. The van der Waals surface area contributed by atoms with E-state index < -0.39 is 26.4 Å². The zero-order valence-corrected chi connectivity index (χ0v) is 20.5. The van der Waals surface area contributed by atoms with Gasteiger partial charge < -0.3 is 0 Å². The fraction of sp³-hybridized carbons (Fsp3) is 0.308. The van der Waals surface area contributed by atoms with Crippen LogP contribution in [0.3, 0.4) is 0 Å². The first-order valence-corrected chi connectivity index (χ1v) is 15.4. The first-order chi connectivity index (χ1) is 15.0. The van der Waals surface area contributed by atoms with Gasteiger partial charge in [0.05, 0.1) is 0 Å². The quantitative estimate of drug-likeness (QED) is 0.322. The summed E-state index contributed by atoms with van der Waals surface area (Å²) in [6, 6.07) is 26.0. The van der Waals surface area contributed by atoms with E-state index in [1.165, 1.54) is 0 Å². The Kier molecular flexibility index (Phi) is 8.20. The van der Waals surface area contributed by atoms with Crippen LogP contribution >= 0.6 is 0 Å². The molecule has 1 atom stereocenters. The van der Waals surface area contributed by atoms with Crippen molar-refractivity contribution in [1.82, 2.24) is 0 Å². The van der Waals surface area contributed by atoms with Gasteiger partial charge in [-0.1, -0.05) is 0 Å². The molecule has 0 spiro atoms. The van der Waals surface area contributed by atoms with Crippen LogP contribution in [-0.4, -0.2) is 46.7 Å². The summed E-state index contributed by atoms with van der Waals surface area (Å²) in [5.74, 6) is 1.57. The predicted octanol–water partition coefficient (Wildman–Crippen LogP) is 5.13. The Morgan fingerprint density at radius 3 is 1.61 bits per heavy atom. The van der Waals surface area contributed by atoms with E-state index in [0.717, 1.165) is 33.4 Å². The molecule has 0 bridgehead atoms. The zero-order valence-electron chi connectivity index (χ0n) is 18.6. The van der Waals surface area contributed by atoms with Crippen molar-refractivity contribution in [3.05, 3.63) is 95.6 Å². The van der Waals surface area contributed by atoms with E-state index in [1.807, 2.05) is 66.7 Å². The fourth-order valence-corrected chi connectivity index (χ4v) is 5.76. The van der Waals surface area contributed by atoms with Gasteiger partial charge in [0.2, 0.25) is 0 Å². The van der Waals surface area contributed by atoms with Crippen LogP contribution < -0.4 is 9.47 Å². The number of aliphatic hydroxyl groups excluding tert-OH is 1. The second kappa shape index (κ2) is 10.9. The maximum absolute atomic E-state index is 10.7. The van der Waals surface area contributed by atoms with E-state index in [2.05, 4.69) is 23.6 Å². The Bertz CT molecular complexity index is 876. The minimum atomic E-state index is -0.986. The summed E-state index contributed by atoms with van der Waals surface area (Å²) < 4.78 is 17.4. The Morgan fingerprint density at radius 2 is 1.19 bits per heavy atom. The third-order valence-electron chi connectivity index (χ3n) is 5.24. The SMILES string of the molecule is COc1ccc(C(OCC(O)C[As](C)C)(c2ccccc2)c2ccc(OC)cc2)cc1. The van der Waals surface area contributed by atoms with Gasteiger partial charge >= 0.3 is 190 Å². The van der Waals surface area contributed by atoms with Crippen LogP contribution in [0.4, 0.5) is 0 Å². The molecule has 164 valence electrons. The molecule has 4 nitrogen and oxygen atoms in total. The van der Waals surface area contributed by atoms with Gasteiger partial charge in [-0.3, -0.25) is 0 Å². The number of hydrogen-bond donors (Lipinski definition) is 1. The second-order valence-corrected chi connectivity index (χ2v) is 13.0. The third-order valence-corrected chi connectivity index (χ3v) is 7.66. The summed E-state index contributed by atoms with van der Waals surface area (Å²) in [7, 11) is 3.32. The number of methoxy groups -OCH3 is 2. The summed E-state index contributed by atoms with van der Waals surface area (Å²) in [6.07, 6.45) is -0.491. The van der Waals surface area contributed by atoms with Crippen LogP contribution in [0.2, 0.25) is 16.6 Å². The van der Waals surface area contributed by atoms with Gasteiger partial charge in [-0.2, -0.15) is 0 Å². The van der Waals surface area contributed by atoms with Crippen LogP contribution in [-0.2, 0) is 10.3 Å². The van der Waals surface area contributed by atoms with Gasteiger partial charge in [-0.15, -0.1) is 0 Å². The molecule has 0 fully saturated rings. The van der Waals surface area contributed by atoms with Crippen LogP contribution in [0.15, 0.2) is 78.9 Å². The molecular formula is C26H31AsO4.